The van der Waals surface area contributed by atoms with Crippen molar-refractivity contribution in [1.82, 2.24) is 0 Å². The average molecular weight is 430 g/mol. The van der Waals surface area contributed by atoms with E-state index in [-0.39, 0.29) is 24.2 Å². The summed E-state index contributed by atoms with van der Waals surface area (Å²) in [6, 6.07) is 0. The van der Waals surface area contributed by atoms with Gasteiger partial charge < -0.3 is 19.3 Å². The molecule has 168 valence electrons. The third-order valence-electron chi connectivity index (χ3n) is 8.90. The normalized spacial score (nSPS) is 48.7. The number of hydrogen-bond donors (Lipinski definition) is 1. The standard InChI is InChI=1S/C24H30O7/c1-12-15-6-7-16-22-11-29-24(28,23(16,10-15)19(12)30-13(2)25)20(31-14(3)26)18(22)21(4,5)9-8-17(22)27/h8-9,15-16,18-20,28H,1,6-7,10-11H2,2-5H3/t15-,16+,18-,19-,20+,22-,23+,24?/m1/s1. The van der Waals surface area contributed by atoms with E-state index in [0.717, 1.165) is 12.0 Å². The topological polar surface area (TPSA) is 99.1 Å². The molecule has 2 aliphatic heterocycles. The summed E-state index contributed by atoms with van der Waals surface area (Å²) >= 11 is 0. The summed E-state index contributed by atoms with van der Waals surface area (Å²) in [5, 5.41) is 12.3. The second-order valence-corrected chi connectivity index (χ2v) is 10.7. The molecule has 2 spiro atoms. The van der Waals surface area contributed by atoms with Gasteiger partial charge in [0, 0.05) is 19.8 Å². The number of ketones is 1. The van der Waals surface area contributed by atoms with Crippen molar-refractivity contribution in [3.8, 4) is 0 Å². The number of fused-ring (bicyclic) bond motifs is 2. The van der Waals surface area contributed by atoms with Crippen molar-refractivity contribution in [3.63, 3.8) is 0 Å². The fourth-order valence-corrected chi connectivity index (χ4v) is 8.02. The first-order valence-electron chi connectivity index (χ1n) is 11.0. The van der Waals surface area contributed by atoms with Gasteiger partial charge in [-0.3, -0.25) is 14.4 Å². The van der Waals surface area contributed by atoms with Crippen molar-refractivity contribution in [2.45, 2.75) is 65.0 Å². The van der Waals surface area contributed by atoms with E-state index in [4.69, 9.17) is 14.2 Å². The number of aliphatic hydroxyl groups is 1. The van der Waals surface area contributed by atoms with E-state index < -0.39 is 52.1 Å². The highest BCUT2D eigenvalue weighted by Gasteiger charge is 2.85. The van der Waals surface area contributed by atoms with Gasteiger partial charge in [0.1, 0.15) is 6.10 Å². The average Bonchev–Trinajstić information content (AvgIpc) is 2.87. The van der Waals surface area contributed by atoms with Gasteiger partial charge in [0.15, 0.2) is 11.9 Å². The molecular formula is C24H30O7. The van der Waals surface area contributed by atoms with Crippen LogP contribution >= 0.6 is 0 Å². The molecule has 3 saturated carbocycles. The van der Waals surface area contributed by atoms with Crippen LogP contribution in [0.3, 0.4) is 0 Å². The summed E-state index contributed by atoms with van der Waals surface area (Å²) in [4.78, 5) is 37.9. The van der Waals surface area contributed by atoms with E-state index in [0.29, 0.717) is 12.8 Å². The number of rotatable bonds is 2. The molecule has 4 aliphatic carbocycles. The molecule has 7 nitrogen and oxygen atoms in total. The molecule has 0 aromatic heterocycles. The van der Waals surface area contributed by atoms with Gasteiger partial charge in [-0.1, -0.05) is 26.5 Å². The summed E-state index contributed by atoms with van der Waals surface area (Å²) in [7, 11) is 0. The van der Waals surface area contributed by atoms with Gasteiger partial charge in [-0.2, -0.15) is 0 Å². The zero-order valence-corrected chi connectivity index (χ0v) is 18.5. The van der Waals surface area contributed by atoms with Crippen LogP contribution in [0.25, 0.3) is 0 Å². The van der Waals surface area contributed by atoms with E-state index in [1.165, 1.54) is 13.8 Å². The molecule has 31 heavy (non-hydrogen) atoms. The Hall–Kier alpha value is -1.99. The Kier molecular flexibility index (Phi) is 4.09. The molecule has 0 amide bonds. The predicted molar refractivity (Wildman–Crippen MR) is 108 cm³/mol. The monoisotopic (exact) mass is 430 g/mol. The van der Waals surface area contributed by atoms with E-state index in [9.17, 15) is 19.5 Å². The lowest BCUT2D eigenvalue weighted by molar-refractivity contribution is -0.441. The molecule has 0 aromatic rings. The second kappa shape index (κ2) is 6.07. The minimum absolute atomic E-state index is 0.0441. The van der Waals surface area contributed by atoms with Gasteiger partial charge in [-0.15, -0.1) is 0 Å². The molecule has 0 radical (unpaired) electrons. The summed E-state index contributed by atoms with van der Waals surface area (Å²) in [5.41, 5.74) is -1.84. The van der Waals surface area contributed by atoms with E-state index >= 15 is 0 Å². The molecule has 5 fully saturated rings. The minimum atomic E-state index is -1.89. The Morgan fingerprint density at radius 1 is 1.19 bits per heavy atom. The number of carbonyl (C=O) groups excluding carboxylic acids is 3. The van der Waals surface area contributed by atoms with Crippen molar-refractivity contribution in [2.75, 3.05) is 6.61 Å². The van der Waals surface area contributed by atoms with Crippen molar-refractivity contribution in [1.29, 1.82) is 0 Å². The van der Waals surface area contributed by atoms with Gasteiger partial charge in [-0.25, -0.2) is 0 Å². The number of allylic oxidation sites excluding steroid dienone is 2. The fraction of sp³-hybridized carbons (Fsp3) is 0.708. The van der Waals surface area contributed by atoms with Crippen molar-refractivity contribution >= 4 is 17.7 Å². The summed E-state index contributed by atoms with van der Waals surface area (Å²) in [5.74, 6) is -3.70. The van der Waals surface area contributed by atoms with E-state index in [2.05, 4.69) is 6.58 Å². The van der Waals surface area contributed by atoms with Gasteiger partial charge >= 0.3 is 11.9 Å². The molecule has 4 bridgehead atoms. The molecular weight excluding hydrogens is 400 g/mol. The largest absolute Gasteiger partial charge is 0.457 e. The quantitative estimate of drug-likeness (QED) is 0.530. The Morgan fingerprint density at radius 3 is 2.52 bits per heavy atom. The lowest BCUT2D eigenvalue weighted by Crippen LogP contribution is -2.83. The molecule has 8 atom stereocenters. The highest BCUT2D eigenvalue weighted by atomic mass is 16.7. The van der Waals surface area contributed by atoms with Crippen LogP contribution in [0.15, 0.2) is 24.3 Å². The summed E-state index contributed by atoms with van der Waals surface area (Å²) in [6.07, 6.45) is 3.57. The third-order valence-corrected chi connectivity index (χ3v) is 8.90. The van der Waals surface area contributed by atoms with Crippen molar-refractivity contribution < 1.29 is 33.7 Å². The summed E-state index contributed by atoms with van der Waals surface area (Å²) in [6.45, 7) is 10.9. The molecule has 1 unspecified atom stereocenters. The van der Waals surface area contributed by atoms with Gasteiger partial charge in [0.25, 0.3) is 0 Å². The Balaban J connectivity index is 1.80. The first-order valence-corrected chi connectivity index (χ1v) is 11.0. The number of esters is 2. The van der Waals surface area contributed by atoms with Crippen LogP contribution in [-0.4, -0.2) is 47.4 Å². The molecule has 6 rings (SSSR count). The van der Waals surface area contributed by atoms with Gasteiger partial charge in [-0.05, 0) is 48.2 Å². The zero-order valence-electron chi connectivity index (χ0n) is 18.5. The van der Waals surface area contributed by atoms with Crippen molar-refractivity contribution in [3.05, 3.63) is 24.3 Å². The Labute approximate surface area is 181 Å². The SMILES string of the molecule is C=C1[C@@H]2CC[C@H]3[C@@]45COC(O)([C@@H](OC(C)=O)[C@@H]4C(C)(C)C=CC5=O)[C@]3(C2)[C@@H]1OC(C)=O. The van der Waals surface area contributed by atoms with E-state index in [1.54, 1.807) is 6.08 Å². The highest BCUT2D eigenvalue weighted by Crippen LogP contribution is 2.77. The van der Waals surface area contributed by atoms with Crippen LogP contribution in [0.5, 0.6) is 0 Å². The first kappa shape index (κ1) is 20.9. The molecule has 2 heterocycles. The molecule has 6 aliphatic rings. The van der Waals surface area contributed by atoms with Crippen LogP contribution in [0.4, 0.5) is 0 Å². The lowest BCUT2D eigenvalue weighted by atomic mass is 9.37. The van der Waals surface area contributed by atoms with Crippen LogP contribution < -0.4 is 0 Å². The second-order valence-electron chi connectivity index (χ2n) is 10.7. The lowest BCUT2D eigenvalue weighted by Gasteiger charge is -2.72. The van der Waals surface area contributed by atoms with Gasteiger partial charge in [0.2, 0.25) is 5.79 Å². The Morgan fingerprint density at radius 2 is 1.87 bits per heavy atom. The fourth-order valence-electron chi connectivity index (χ4n) is 8.02. The maximum atomic E-state index is 13.6. The van der Waals surface area contributed by atoms with Crippen LogP contribution in [0, 0.1) is 34.0 Å². The zero-order chi connectivity index (χ0) is 22.6. The molecule has 1 N–H and O–H groups in total. The molecule has 0 aromatic carbocycles. The van der Waals surface area contributed by atoms with E-state index in [1.807, 2.05) is 19.9 Å². The highest BCUT2D eigenvalue weighted by molar-refractivity contribution is 5.97. The maximum Gasteiger partial charge on any atom is 0.303 e. The number of hydrogen-bond acceptors (Lipinski definition) is 7. The third kappa shape index (κ3) is 2.24. The predicted octanol–water partition coefficient (Wildman–Crippen LogP) is 2.32. The number of ether oxygens (including phenoxy) is 3. The van der Waals surface area contributed by atoms with Crippen LogP contribution in [0.2, 0.25) is 0 Å². The Bertz CT molecular complexity index is 934. The smallest absolute Gasteiger partial charge is 0.303 e. The maximum absolute atomic E-state index is 13.6. The number of carbonyl (C=O) groups is 3. The first-order chi connectivity index (χ1) is 14.4. The van der Waals surface area contributed by atoms with Gasteiger partial charge in [0.05, 0.1) is 17.4 Å². The van der Waals surface area contributed by atoms with Crippen LogP contribution in [0.1, 0.15) is 47.0 Å². The van der Waals surface area contributed by atoms with Crippen LogP contribution in [-0.2, 0) is 28.6 Å². The molecule has 7 heteroatoms. The summed E-state index contributed by atoms with van der Waals surface area (Å²) < 4.78 is 17.7. The van der Waals surface area contributed by atoms with Crippen molar-refractivity contribution in [2.24, 2.45) is 34.0 Å². The minimum Gasteiger partial charge on any atom is -0.457 e. The molecule has 2 saturated heterocycles.